The maximum absolute atomic E-state index is 5.68. The molecular formula is C15H23NO2. The van der Waals surface area contributed by atoms with E-state index in [4.69, 9.17) is 9.47 Å². The summed E-state index contributed by atoms with van der Waals surface area (Å²) < 4.78 is 11.2. The molecule has 1 atom stereocenters. The third-order valence-corrected chi connectivity index (χ3v) is 3.51. The second kappa shape index (κ2) is 6.10. The summed E-state index contributed by atoms with van der Waals surface area (Å²) >= 11 is 0. The molecule has 3 nitrogen and oxygen atoms in total. The van der Waals surface area contributed by atoms with E-state index in [1.807, 2.05) is 6.92 Å². The second-order valence-corrected chi connectivity index (χ2v) is 4.80. The number of benzene rings is 1. The van der Waals surface area contributed by atoms with Crippen LogP contribution in [-0.4, -0.2) is 20.3 Å². The zero-order valence-electron chi connectivity index (χ0n) is 11.6. The Kier molecular flexibility index (Phi) is 4.48. The van der Waals surface area contributed by atoms with Gasteiger partial charge in [0.1, 0.15) is 11.5 Å². The first kappa shape index (κ1) is 13.2. The van der Waals surface area contributed by atoms with Crippen molar-refractivity contribution < 1.29 is 9.47 Å². The Morgan fingerprint density at radius 1 is 1.28 bits per heavy atom. The van der Waals surface area contributed by atoms with Crippen molar-refractivity contribution in [3.63, 3.8) is 0 Å². The zero-order chi connectivity index (χ0) is 13.0. The molecule has 0 bridgehead atoms. The molecule has 0 radical (unpaired) electrons. The Hall–Kier alpha value is -1.22. The zero-order valence-corrected chi connectivity index (χ0v) is 11.6. The van der Waals surface area contributed by atoms with Gasteiger partial charge in [0.05, 0.1) is 13.7 Å². The van der Waals surface area contributed by atoms with Crippen molar-refractivity contribution in [2.45, 2.75) is 39.2 Å². The van der Waals surface area contributed by atoms with Gasteiger partial charge in [-0.3, -0.25) is 0 Å². The molecule has 1 aliphatic rings. The molecular weight excluding hydrogens is 226 g/mol. The molecule has 0 spiro atoms. The fourth-order valence-corrected chi connectivity index (χ4v) is 2.55. The first-order valence-corrected chi connectivity index (χ1v) is 6.81. The van der Waals surface area contributed by atoms with E-state index in [1.54, 1.807) is 7.11 Å². The number of nitrogens with one attached hydrogen (secondary N) is 1. The van der Waals surface area contributed by atoms with Gasteiger partial charge in [-0.15, -0.1) is 0 Å². The van der Waals surface area contributed by atoms with Gasteiger partial charge in [-0.2, -0.15) is 0 Å². The number of rotatable bonds is 4. The highest BCUT2D eigenvalue weighted by Crippen LogP contribution is 2.35. The minimum absolute atomic E-state index is 0.397. The van der Waals surface area contributed by atoms with Gasteiger partial charge in [0, 0.05) is 11.6 Å². The molecule has 0 amide bonds. The minimum atomic E-state index is 0.397. The molecule has 1 aliphatic heterocycles. The van der Waals surface area contributed by atoms with Crippen LogP contribution in [0.15, 0.2) is 12.1 Å². The summed E-state index contributed by atoms with van der Waals surface area (Å²) in [7, 11) is 1.74. The molecule has 0 saturated carbocycles. The number of methoxy groups -OCH3 is 1. The summed E-state index contributed by atoms with van der Waals surface area (Å²) in [6.45, 7) is 5.87. The molecule has 1 N–H and O–H groups in total. The number of ether oxygens (including phenoxy) is 2. The molecule has 1 aromatic carbocycles. The van der Waals surface area contributed by atoms with E-state index in [1.165, 1.54) is 24.8 Å². The van der Waals surface area contributed by atoms with Crippen LogP contribution in [0, 0.1) is 6.92 Å². The minimum Gasteiger partial charge on any atom is -0.496 e. The molecule has 1 fully saturated rings. The van der Waals surface area contributed by atoms with E-state index in [-0.39, 0.29) is 0 Å². The van der Waals surface area contributed by atoms with Gasteiger partial charge in [0.2, 0.25) is 0 Å². The predicted molar refractivity (Wildman–Crippen MR) is 73.5 cm³/mol. The second-order valence-electron chi connectivity index (χ2n) is 4.80. The van der Waals surface area contributed by atoms with Crippen LogP contribution < -0.4 is 14.8 Å². The summed E-state index contributed by atoms with van der Waals surface area (Å²) in [4.78, 5) is 0. The largest absolute Gasteiger partial charge is 0.496 e. The average Bonchev–Trinajstić information content (AvgIpc) is 2.42. The summed E-state index contributed by atoms with van der Waals surface area (Å²) in [6.07, 6.45) is 3.71. The summed E-state index contributed by atoms with van der Waals surface area (Å²) in [5, 5.41) is 3.56. The molecule has 3 heteroatoms. The highest BCUT2D eigenvalue weighted by molar-refractivity contribution is 5.47. The van der Waals surface area contributed by atoms with E-state index >= 15 is 0 Å². The fraction of sp³-hybridized carbons (Fsp3) is 0.600. The average molecular weight is 249 g/mol. The molecule has 1 unspecified atom stereocenters. The lowest BCUT2D eigenvalue weighted by Crippen LogP contribution is -2.27. The van der Waals surface area contributed by atoms with Crippen molar-refractivity contribution in [2.75, 3.05) is 20.3 Å². The number of aryl methyl sites for hydroxylation is 1. The van der Waals surface area contributed by atoms with Gasteiger partial charge in [-0.05, 0) is 50.9 Å². The fourth-order valence-electron chi connectivity index (χ4n) is 2.55. The third-order valence-electron chi connectivity index (χ3n) is 3.51. The van der Waals surface area contributed by atoms with Gasteiger partial charge < -0.3 is 14.8 Å². The van der Waals surface area contributed by atoms with Crippen molar-refractivity contribution in [3.05, 3.63) is 23.3 Å². The van der Waals surface area contributed by atoms with E-state index < -0.39 is 0 Å². The molecule has 100 valence electrons. The maximum atomic E-state index is 5.68. The van der Waals surface area contributed by atoms with Gasteiger partial charge in [-0.25, -0.2) is 0 Å². The van der Waals surface area contributed by atoms with Crippen molar-refractivity contribution >= 4 is 0 Å². The lowest BCUT2D eigenvalue weighted by molar-refractivity contribution is 0.332. The maximum Gasteiger partial charge on any atom is 0.124 e. The van der Waals surface area contributed by atoms with E-state index in [0.29, 0.717) is 12.6 Å². The lowest BCUT2D eigenvalue weighted by atomic mass is 9.95. The highest BCUT2D eigenvalue weighted by Gasteiger charge is 2.20. The smallest absolute Gasteiger partial charge is 0.124 e. The lowest BCUT2D eigenvalue weighted by Gasteiger charge is -2.26. The molecule has 1 aromatic rings. The normalized spacial score (nSPS) is 19.6. The first-order valence-electron chi connectivity index (χ1n) is 6.81. The summed E-state index contributed by atoms with van der Waals surface area (Å²) in [6, 6.07) is 4.62. The van der Waals surface area contributed by atoms with Crippen LogP contribution in [-0.2, 0) is 0 Å². The van der Waals surface area contributed by atoms with Gasteiger partial charge in [0.15, 0.2) is 0 Å². The Morgan fingerprint density at radius 2 is 2.11 bits per heavy atom. The highest BCUT2D eigenvalue weighted by atomic mass is 16.5. The summed E-state index contributed by atoms with van der Waals surface area (Å²) in [5.74, 6) is 1.94. The molecule has 1 heterocycles. The van der Waals surface area contributed by atoms with Gasteiger partial charge >= 0.3 is 0 Å². The van der Waals surface area contributed by atoms with E-state index in [9.17, 15) is 0 Å². The topological polar surface area (TPSA) is 30.5 Å². The monoisotopic (exact) mass is 249 g/mol. The van der Waals surface area contributed by atoms with Crippen LogP contribution in [0.25, 0.3) is 0 Å². The van der Waals surface area contributed by atoms with Crippen LogP contribution in [0.4, 0.5) is 0 Å². The van der Waals surface area contributed by atoms with Crippen LogP contribution in [0.3, 0.4) is 0 Å². The third kappa shape index (κ3) is 2.78. The Bertz CT molecular complexity index is 398. The quantitative estimate of drug-likeness (QED) is 0.888. The molecule has 2 rings (SSSR count). The Morgan fingerprint density at radius 3 is 2.72 bits per heavy atom. The molecule has 18 heavy (non-hydrogen) atoms. The number of hydrogen-bond donors (Lipinski definition) is 1. The van der Waals surface area contributed by atoms with E-state index in [0.717, 1.165) is 23.6 Å². The SMILES string of the molecule is CCOc1cc(C2CCCCN2)c(OC)cc1C. The number of piperidine rings is 1. The van der Waals surface area contributed by atoms with Crippen LogP contribution in [0.1, 0.15) is 43.4 Å². The molecule has 0 aromatic heterocycles. The molecule has 0 aliphatic carbocycles. The summed E-state index contributed by atoms with van der Waals surface area (Å²) in [5.41, 5.74) is 2.36. The van der Waals surface area contributed by atoms with Gasteiger partial charge in [-0.1, -0.05) is 6.42 Å². The predicted octanol–water partition coefficient (Wildman–Crippen LogP) is 3.22. The van der Waals surface area contributed by atoms with Crippen LogP contribution in [0.5, 0.6) is 11.5 Å². The Balaban J connectivity index is 2.33. The Labute approximate surface area is 109 Å². The standard InChI is InChI=1S/C15H23NO2/c1-4-18-14-10-12(13-7-5-6-8-16-13)15(17-3)9-11(14)2/h9-10,13,16H,4-8H2,1-3H3. The first-order chi connectivity index (χ1) is 8.76. The van der Waals surface area contributed by atoms with Crippen molar-refractivity contribution in [2.24, 2.45) is 0 Å². The van der Waals surface area contributed by atoms with E-state index in [2.05, 4.69) is 24.4 Å². The van der Waals surface area contributed by atoms with Crippen LogP contribution in [0.2, 0.25) is 0 Å². The van der Waals surface area contributed by atoms with Gasteiger partial charge in [0.25, 0.3) is 0 Å². The number of hydrogen-bond acceptors (Lipinski definition) is 3. The van der Waals surface area contributed by atoms with Crippen LogP contribution >= 0.6 is 0 Å². The van der Waals surface area contributed by atoms with Crippen molar-refractivity contribution in [3.8, 4) is 11.5 Å². The van der Waals surface area contributed by atoms with Crippen molar-refractivity contribution in [1.29, 1.82) is 0 Å². The van der Waals surface area contributed by atoms with Crippen molar-refractivity contribution in [1.82, 2.24) is 5.32 Å². The molecule has 1 saturated heterocycles.